The fourth-order valence-corrected chi connectivity index (χ4v) is 2.42. The molecule has 3 aromatic heterocycles. The molecular weight excluding hydrogens is 266 g/mol. The minimum atomic E-state index is 0.203. The number of para-hydroxylation sites is 2. The standard InChI is InChI=1S/C14H9N7/c15-6-5-11-20-9-3-1-2-4-10(9)21(11)14-12-13(17-7-16-12)18-8-19-14/h1-4,7-8H,5H2,(H,16,17,18,19). The van der Waals surface area contributed by atoms with Crippen molar-refractivity contribution in [3.8, 4) is 11.9 Å². The zero-order valence-corrected chi connectivity index (χ0v) is 10.9. The highest BCUT2D eigenvalue weighted by Crippen LogP contribution is 2.23. The predicted molar refractivity (Wildman–Crippen MR) is 75.6 cm³/mol. The predicted octanol–water partition coefficient (Wildman–Crippen LogP) is 1.76. The van der Waals surface area contributed by atoms with E-state index in [1.54, 1.807) is 6.33 Å². The van der Waals surface area contributed by atoms with Crippen molar-refractivity contribution in [2.45, 2.75) is 6.42 Å². The van der Waals surface area contributed by atoms with Crippen molar-refractivity contribution in [1.82, 2.24) is 29.5 Å². The number of H-pyrrole nitrogens is 1. The first kappa shape index (κ1) is 11.5. The maximum Gasteiger partial charge on any atom is 0.182 e. The molecule has 1 N–H and O–H groups in total. The van der Waals surface area contributed by atoms with Gasteiger partial charge in [0.1, 0.15) is 17.7 Å². The zero-order valence-electron chi connectivity index (χ0n) is 10.9. The van der Waals surface area contributed by atoms with Crippen LogP contribution >= 0.6 is 0 Å². The van der Waals surface area contributed by atoms with Gasteiger partial charge in [0.15, 0.2) is 11.5 Å². The van der Waals surface area contributed by atoms with Gasteiger partial charge in [-0.15, -0.1) is 0 Å². The highest BCUT2D eigenvalue weighted by molar-refractivity contribution is 5.84. The van der Waals surface area contributed by atoms with Crippen LogP contribution in [0.25, 0.3) is 28.0 Å². The molecule has 4 aromatic rings. The molecule has 0 amide bonds. The van der Waals surface area contributed by atoms with Crippen LogP contribution in [0.5, 0.6) is 0 Å². The van der Waals surface area contributed by atoms with Crippen LogP contribution in [0.3, 0.4) is 0 Å². The van der Waals surface area contributed by atoms with E-state index in [1.807, 2.05) is 28.8 Å². The molecule has 4 rings (SSSR count). The molecule has 0 aliphatic rings. The van der Waals surface area contributed by atoms with E-state index in [1.165, 1.54) is 6.33 Å². The summed E-state index contributed by atoms with van der Waals surface area (Å²) in [6.45, 7) is 0. The smallest absolute Gasteiger partial charge is 0.182 e. The monoisotopic (exact) mass is 275 g/mol. The van der Waals surface area contributed by atoms with Crippen molar-refractivity contribution in [1.29, 1.82) is 5.26 Å². The molecule has 1 aromatic carbocycles. The number of hydrogen-bond donors (Lipinski definition) is 1. The third-order valence-corrected chi connectivity index (χ3v) is 3.28. The molecule has 0 spiro atoms. The highest BCUT2D eigenvalue weighted by atomic mass is 15.2. The second-order valence-corrected chi connectivity index (χ2v) is 4.49. The number of aromatic amines is 1. The second-order valence-electron chi connectivity index (χ2n) is 4.49. The summed E-state index contributed by atoms with van der Waals surface area (Å²) in [6, 6.07) is 9.86. The maximum absolute atomic E-state index is 9.03. The van der Waals surface area contributed by atoms with Crippen molar-refractivity contribution in [2.75, 3.05) is 0 Å². The van der Waals surface area contributed by atoms with Crippen molar-refractivity contribution in [3.63, 3.8) is 0 Å². The lowest BCUT2D eigenvalue weighted by Gasteiger charge is -2.06. The average Bonchev–Trinajstić information content (AvgIpc) is 3.11. The van der Waals surface area contributed by atoms with Crippen molar-refractivity contribution in [2.24, 2.45) is 0 Å². The van der Waals surface area contributed by atoms with Gasteiger partial charge in [-0.25, -0.2) is 19.9 Å². The van der Waals surface area contributed by atoms with Crippen LogP contribution in [0.4, 0.5) is 0 Å². The molecule has 3 heterocycles. The maximum atomic E-state index is 9.03. The largest absolute Gasteiger partial charge is 0.340 e. The van der Waals surface area contributed by atoms with E-state index in [0.29, 0.717) is 17.3 Å². The molecule has 0 bridgehead atoms. The van der Waals surface area contributed by atoms with Crippen molar-refractivity contribution in [3.05, 3.63) is 42.7 Å². The Labute approximate surface area is 118 Å². The van der Waals surface area contributed by atoms with E-state index in [4.69, 9.17) is 5.26 Å². The van der Waals surface area contributed by atoms with Gasteiger partial charge in [0.05, 0.1) is 29.9 Å². The molecule has 0 aliphatic heterocycles. The summed E-state index contributed by atoms with van der Waals surface area (Å²) in [4.78, 5) is 20.2. The molecule has 7 heteroatoms. The molecule has 0 atom stereocenters. The first-order valence-corrected chi connectivity index (χ1v) is 6.36. The Hall–Kier alpha value is -3.27. The molecule has 0 fully saturated rings. The number of hydrogen-bond acceptors (Lipinski definition) is 5. The molecule has 0 saturated heterocycles. The van der Waals surface area contributed by atoms with Crippen LogP contribution in [-0.4, -0.2) is 29.5 Å². The van der Waals surface area contributed by atoms with Crippen molar-refractivity contribution >= 4 is 22.2 Å². The number of imidazole rings is 2. The number of nitrogens with one attached hydrogen (secondary N) is 1. The van der Waals surface area contributed by atoms with E-state index in [-0.39, 0.29) is 6.42 Å². The molecule has 0 radical (unpaired) electrons. The number of rotatable bonds is 2. The van der Waals surface area contributed by atoms with Crippen LogP contribution in [0.15, 0.2) is 36.9 Å². The van der Waals surface area contributed by atoms with Crippen LogP contribution in [-0.2, 0) is 6.42 Å². The van der Waals surface area contributed by atoms with Gasteiger partial charge in [-0.3, -0.25) is 4.57 Å². The fourth-order valence-electron chi connectivity index (χ4n) is 2.42. The van der Waals surface area contributed by atoms with Crippen molar-refractivity contribution < 1.29 is 0 Å². The summed E-state index contributed by atoms with van der Waals surface area (Å²) in [5.41, 5.74) is 3.03. The lowest BCUT2D eigenvalue weighted by molar-refractivity contribution is 0.921. The average molecular weight is 275 g/mol. The van der Waals surface area contributed by atoms with Crippen LogP contribution < -0.4 is 0 Å². The Kier molecular flexibility index (Phi) is 2.41. The van der Waals surface area contributed by atoms with Crippen LogP contribution in [0.1, 0.15) is 5.82 Å². The lowest BCUT2D eigenvalue weighted by atomic mass is 10.3. The minimum Gasteiger partial charge on any atom is -0.340 e. The van der Waals surface area contributed by atoms with Crippen LogP contribution in [0.2, 0.25) is 0 Å². The van der Waals surface area contributed by atoms with E-state index in [0.717, 1.165) is 16.6 Å². The molecular formula is C14H9N7. The van der Waals surface area contributed by atoms with E-state index < -0.39 is 0 Å². The number of fused-ring (bicyclic) bond motifs is 2. The molecule has 0 aliphatic carbocycles. The fraction of sp³-hybridized carbons (Fsp3) is 0.0714. The second kappa shape index (κ2) is 4.38. The van der Waals surface area contributed by atoms with E-state index in [2.05, 4.69) is 31.0 Å². The first-order chi connectivity index (χ1) is 10.4. The van der Waals surface area contributed by atoms with Gasteiger partial charge in [-0.1, -0.05) is 12.1 Å². The van der Waals surface area contributed by atoms with Gasteiger partial charge in [0.25, 0.3) is 0 Å². The van der Waals surface area contributed by atoms with Gasteiger partial charge in [-0.2, -0.15) is 5.26 Å². The summed E-state index contributed by atoms with van der Waals surface area (Å²) in [7, 11) is 0. The van der Waals surface area contributed by atoms with Gasteiger partial charge >= 0.3 is 0 Å². The number of aromatic nitrogens is 6. The van der Waals surface area contributed by atoms with Gasteiger partial charge in [0.2, 0.25) is 0 Å². The van der Waals surface area contributed by atoms with Gasteiger partial charge in [-0.05, 0) is 12.1 Å². The lowest BCUT2D eigenvalue weighted by Crippen LogP contribution is -2.04. The van der Waals surface area contributed by atoms with E-state index >= 15 is 0 Å². The third kappa shape index (κ3) is 1.66. The Bertz CT molecular complexity index is 989. The Morgan fingerprint density at radius 2 is 2.10 bits per heavy atom. The molecule has 0 unspecified atom stereocenters. The van der Waals surface area contributed by atoms with Gasteiger partial charge in [0, 0.05) is 0 Å². The van der Waals surface area contributed by atoms with Crippen LogP contribution in [0, 0.1) is 11.3 Å². The summed E-state index contributed by atoms with van der Waals surface area (Å²) >= 11 is 0. The van der Waals surface area contributed by atoms with Gasteiger partial charge < -0.3 is 4.98 Å². The Morgan fingerprint density at radius 3 is 3.00 bits per heavy atom. The first-order valence-electron chi connectivity index (χ1n) is 6.36. The summed E-state index contributed by atoms with van der Waals surface area (Å²) < 4.78 is 1.88. The summed E-state index contributed by atoms with van der Waals surface area (Å²) in [6.07, 6.45) is 3.24. The Balaban J connectivity index is 2.12. The third-order valence-electron chi connectivity index (χ3n) is 3.28. The zero-order chi connectivity index (χ0) is 14.2. The van der Waals surface area contributed by atoms with E-state index in [9.17, 15) is 0 Å². The molecule has 0 saturated carbocycles. The number of nitrogens with zero attached hydrogens (tertiary/aromatic N) is 6. The quantitative estimate of drug-likeness (QED) is 0.601. The number of nitriles is 1. The minimum absolute atomic E-state index is 0.203. The molecule has 21 heavy (non-hydrogen) atoms. The SMILES string of the molecule is N#CCc1nc2ccccc2n1-c1ncnc2nc[nH]c12. The topological polar surface area (TPSA) is 96.1 Å². The summed E-state index contributed by atoms with van der Waals surface area (Å²) in [5, 5.41) is 9.03. The normalized spacial score (nSPS) is 11.0. The number of benzene rings is 1. The summed E-state index contributed by atoms with van der Waals surface area (Å²) in [5.74, 6) is 1.30. The Morgan fingerprint density at radius 1 is 1.19 bits per heavy atom. The molecule has 7 nitrogen and oxygen atoms in total. The highest BCUT2D eigenvalue weighted by Gasteiger charge is 2.16. The molecule has 100 valence electrons.